The standard InChI is InChI=1S/C16H27N3O/c1-12-14(17)7-6-13(16(12,2)3)15(20)18-8-11-19-9-4-5-10-19/h4-5,9-10,12-14H,6-8,11,17H2,1-3H3,(H,18,20). The Bertz CT molecular complexity index is 439. The van der Waals surface area contributed by atoms with Crippen molar-refractivity contribution in [1.82, 2.24) is 9.88 Å². The van der Waals surface area contributed by atoms with Crippen LogP contribution in [0.5, 0.6) is 0 Å². The van der Waals surface area contributed by atoms with Gasteiger partial charge in [-0.05, 0) is 36.3 Å². The van der Waals surface area contributed by atoms with Gasteiger partial charge in [-0.1, -0.05) is 20.8 Å². The molecule has 3 atom stereocenters. The third-order valence-electron chi connectivity index (χ3n) is 5.15. The number of amides is 1. The smallest absolute Gasteiger partial charge is 0.223 e. The van der Waals surface area contributed by atoms with Crippen LogP contribution >= 0.6 is 0 Å². The fourth-order valence-electron chi connectivity index (χ4n) is 3.27. The predicted octanol–water partition coefficient (Wildman–Crippen LogP) is 2.00. The van der Waals surface area contributed by atoms with Crippen molar-refractivity contribution in [1.29, 1.82) is 0 Å². The van der Waals surface area contributed by atoms with Crippen molar-refractivity contribution in [2.75, 3.05) is 6.54 Å². The van der Waals surface area contributed by atoms with Gasteiger partial charge in [0.1, 0.15) is 0 Å². The number of hydrogen-bond acceptors (Lipinski definition) is 2. The largest absolute Gasteiger partial charge is 0.354 e. The molecule has 1 saturated carbocycles. The van der Waals surface area contributed by atoms with Gasteiger partial charge in [0.25, 0.3) is 0 Å². The first-order valence-corrected chi connectivity index (χ1v) is 7.57. The molecule has 1 aromatic rings. The first-order chi connectivity index (χ1) is 9.43. The van der Waals surface area contributed by atoms with Crippen LogP contribution in [0.1, 0.15) is 33.6 Å². The van der Waals surface area contributed by atoms with Gasteiger partial charge in [-0.15, -0.1) is 0 Å². The average molecular weight is 277 g/mol. The summed E-state index contributed by atoms with van der Waals surface area (Å²) in [5.74, 6) is 0.624. The minimum atomic E-state index is -0.0325. The second kappa shape index (κ2) is 6.00. The van der Waals surface area contributed by atoms with Crippen LogP contribution < -0.4 is 11.1 Å². The van der Waals surface area contributed by atoms with Crippen LogP contribution in [0.3, 0.4) is 0 Å². The summed E-state index contributed by atoms with van der Waals surface area (Å²) < 4.78 is 2.07. The van der Waals surface area contributed by atoms with Gasteiger partial charge in [-0.2, -0.15) is 0 Å². The van der Waals surface area contributed by atoms with Crippen molar-refractivity contribution < 1.29 is 4.79 Å². The number of rotatable bonds is 4. The molecule has 1 aliphatic rings. The van der Waals surface area contributed by atoms with E-state index in [0.29, 0.717) is 12.5 Å². The highest BCUT2D eigenvalue weighted by molar-refractivity contribution is 5.79. The van der Waals surface area contributed by atoms with E-state index in [9.17, 15) is 4.79 Å². The van der Waals surface area contributed by atoms with Gasteiger partial charge in [-0.3, -0.25) is 4.79 Å². The van der Waals surface area contributed by atoms with E-state index in [0.717, 1.165) is 19.4 Å². The van der Waals surface area contributed by atoms with Gasteiger partial charge in [0.2, 0.25) is 5.91 Å². The molecule has 2 rings (SSSR count). The van der Waals surface area contributed by atoms with Crippen LogP contribution in [0, 0.1) is 17.3 Å². The Balaban J connectivity index is 1.88. The van der Waals surface area contributed by atoms with Gasteiger partial charge in [-0.25, -0.2) is 0 Å². The second-order valence-electron chi connectivity index (χ2n) is 6.62. The molecule has 3 N–H and O–H groups in total. The number of carbonyl (C=O) groups excluding carboxylic acids is 1. The molecule has 0 radical (unpaired) electrons. The lowest BCUT2D eigenvalue weighted by molar-refractivity contribution is -0.132. The molecule has 4 nitrogen and oxygen atoms in total. The predicted molar refractivity (Wildman–Crippen MR) is 81.1 cm³/mol. The third kappa shape index (κ3) is 3.06. The molecule has 0 saturated heterocycles. The van der Waals surface area contributed by atoms with Crippen molar-refractivity contribution >= 4 is 5.91 Å². The molecule has 20 heavy (non-hydrogen) atoms. The topological polar surface area (TPSA) is 60.1 Å². The summed E-state index contributed by atoms with van der Waals surface area (Å²) in [5.41, 5.74) is 6.11. The van der Waals surface area contributed by atoms with Crippen LogP contribution in [0.25, 0.3) is 0 Å². The van der Waals surface area contributed by atoms with Crippen LogP contribution in [0.2, 0.25) is 0 Å². The lowest BCUT2D eigenvalue weighted by atomic mass is 9.61. The highest BCUT2D eigenvalue weighted by atomic mass is 16.1. The Kier molecular flexibility index (Phi) is 4.53. The molecule has 1 aromatic heterocycles. The number of hydrogen-bond donors (Lipinski definition) is 2. The number of nitrogens with two attached hydrogens (primary N) is 1. The SMILES string of the molecule is CC1C(N)CCC(C(=O)NCCn2cccc2)C1(C)C. The fraction of sp³-hybridized carbons (Fsp3) is 0.688. The zero-order chi connectivity index (χ0) is 14.8. The van der Waals surface area contributed by atoms with E-state index in [-0.39, 0.29) is 23.3 Å². The maximum absolute atomic E-state index is 12.4. The lowest BCUT2D eigenvalue weighted by Crippen LogP contribution is -2.51. The van der Waals surface area contributed by atoms with Crippen LogP contribution in [-0.4, -0.2) is 23.1 Å². The van der Waals surface area contributed by atoms with E-state index in [1.54, 1.807) is 0 Å². The highest BCUT2D eigenvalue weighted by Crippen LogP contribution is 2.44. The van der Waals surface area contributed by atoms with E-state index < -0.39 is 0 Å². The first kappa shape index (κ1) is 15.1. The number of nitrogens with zero attached hydrogens (tertiary/aromatic N) is 1. The number of nitrogens with one attached hydrogen (secondary N) is 1. The van der Waals surface area contributed by atoms with Gasteiger partial charge < -0.3 is 15.6 Å². The molecule has 0 aliphatic heterocycles. The van der Waals surface area contributed by atoms with Gasteiger partial charge in [0, 0.05) is 37.4 Å². The van der Waals surface area contributed by atoms with Crippen LogP contribution in [-0.2, 0) is 11.3 Å². The summed E-state index contributed by atoms with van der Waals surface area (Å²) in [6.45, 7) is 8.02. The summed E-state index contributed by atoms with van der Waals surface area (Å²) in [6.07, 6.45) is 5.86. The molecule has 1 amide bonds. The Morgan fingerprint density at radius 3 is 2.65 bits per heavy atom. The van der Waals surface area contributed by atoms with Gasteiger partial charge >= 0.3 is 0 Å². The van der Waals surface area contributed by atoms with E-state index in [2.05, 4.69) is 30.7 Å². The van der Waals surface area contributed by atoms with Crippen LogP contribution in [0.15, 0.2) is 24.5 Å². The molecule has 112 valence electrons. The van der Waals surface area contributed by atoms with Gasteiger partial charge in [0.05, 0.1) is 0 Å². The Morgan fingerprint density at radius 1 is 1.35 bits per heavy atom. The highest BCUT2D eigenvalue weighted by Gasteiger charge is 2.44. The summed E-state index contributed by atoms with van der Waals surface area (Å²) in [6, 6.07) is 4.21. The molecule has 0 spiro atoms. The van der Waals surface area contributed by atoms with Gasteiger partial charge in [0.15, 0.2) is 0 Å². The third-order valence-corrected chi connectivity index (χ3v) is 5.15. The minimum absolute atomic E-state index is 0.0325. The molecule has 3 unspecified atom stereocenters. The fourth-order valence-corrected chi connectivity index (χ4v) is 3.27. The van der Waals surface area contributed by atoms with Crippen molar-refractivity contribution in [3.63, 3.8) is 0 Å². The van der Waals surface area contributed by atoms with E-state index in [1.807, 2.05) is 24.5 Å². The summed E-state index contributed by atoms with van der Waals surface area (Å²) in [5, 5.41) is 3.08. The van der Waals surface area contributed by atoms with E-state index in [4.69, 9.17) is 5.73 Å². The zero-order valence-electron chi connectivity index (χ0n) is 12.8. The molecule has 1 heterocycles. The summed E-state index contributed by atoms with van der Waals surface area (Å²) >= 11 is 0. The van der Waals surface area contributed by atoms with Crippen LogP contribution in [0.4, 0.5) is 0 Å². The lowest BCUT2D eigenvalue weighted by Gasteiger charge is -2.46. The average Bonchev–Trinajstić information content (AvgIpc) is 2.89. The van der Waals surface area contributed by atoms with Crippen molar-refractivity contribution in [3.05, 3.63) is 24.5 Å². The molecule has 0 bridgehead atoms. The van der Waals surface area contributed by atoms with E-state index >= 15 is 0 Å². The van der Waals surface area contributed by atoms with Crippen molar-refractivity contribution in [2.24, 2.45) is 23.0 Å². The normalized spacial score (nSPS) is 29.1. The zero-order valence-corrected chi connectivity index (χ0v) is 12.8. The minimum Gasteiger partial charge on any atom is -0.354 e. The molecule has 1 aliphatic carbocycles. The number of carbonyl (C=O) groups is 1. The molecular weight excluding hydrogens is 250 g/mol. The van der Waals surface area contributed by atoms with E-state index in [1.165, 1.54) is 0 Å². The second-order valence-corrected chi connectivity index (χ2v) is 6.62. The number of aromatic nitrogens is 1. The summed E-state index contributed by atoms with van der Waals surface area (Å²) in [4.78, 5) is 12.4. The Hall–Kier alpha value is -1.29. The monoisotopic (exact) mass is 277 g/mol. The molecular formula is C16H27N3O. The summed E-state index contributed by atoms with van der Waals surface area (Å²) in [7, 11) is 0. The molecule has 0 aromatic carbocycles. The Morgan fingerprint density at radius 2 is 2.00 bits per heavy atom. The quantitative estimate of drug-likeness (QED) is 0.884. The first-order valence-electron chi connectivity index (χ1n) is 7.57. The molecule has 4 heteroatoms. The van der Waals surface area contributed by atoms with Crippen molar-refractivity contribution in [2.45, 2.75) is 46.2 Å². The maximum atomic E-state index is 12.4. The Labute approximate surface area is 121 Å². The molecule has 1 fully saturated rings. The maximum Gasteiger partial charge on any atom is 0.223 e. The van der Waals surface area contributed by atoms with Crippen molar-refractivity contribution in [3.8, 4) is 0 Å².